The van der Waals surface area contributed by atoms with Crippen LogP contribution in [0.1, 0.15) is 37.8 Å². The Kier molecular flexibility index (Phi) is 7.85. The third-order valence-electron chi connectivity index (χ3n) is 4.14. The van der Waals surface area contributed by atoms with Crippen LogP contribution in [0, 0.1) is 13.8 Å². The summed E-state index contributed by atoms with van der Waals surface area (Å²) in [7, 11) is -3.67. The molecule has 1 amide bonds. The molecule has 0 unspecified atom stereocenters. The summed E-state index contributed by atoms with van der Waals surface area (Å²) in [5, 5.41) is 11.1. The van der Waals surface area contributed by atoms with Crippen molar-refractivity contribution in [3.05, 3.63) is 29.3 Å². The van der Waals surface area contributed by atoms with Crippen molar-refractivity contribution in [1.29, 1.82) is 0 Å². The van der Waals surface area contributed by atoms with Gasteiger partial charge in [0.2, 0.25) is 21.1 Å². The molecule has 154 valence electrons. The molecule has 1 atom stereocenters. The fourth-order valence-corrected chi connectivity index (χ4v) is 5.50. The maximum atomic E-state index is 12.9. The van der Waals surface area contributed by atoms with E-state index in [0.717, 1.165) is 33.9 Å². The van der Waals surface area contributed by atoms with Gasteiger partial charge in [-0.15, -0.1) is 10.2 Å². The van der Waals surface area contributed by atoms with E-state index >= 15 is 0 Å². The second-order valence-corrected chi connectivity index (χ2v) is 10.6. The highest BCUT2D eigenvalue weighted by Gasteiger charge is 2.32. The smallest absolute Gasteiger partial charge is 0.250 e. The van der Waals surface area contributed by atoms with Crippen LogP contribution >= 0.6 is 23.1 Å². The van der Waals surface area contributed by atoms with E-state index in [1.54, 1.807) is 30.8 Å². The van der Waals surface area contributed by atoms with Crippen molar-refractivity contribution in [1.82, 2.24) is 10.2 Å². The van der Waals surface area contributed by atoms with Crippen LogP contribution in [-0.2, 0) is 14.8 Å². The number of rotatable bonds is 9. The van der Waals surface area contributed by atoms with Gasteiger partial charge in [-0.2, -0.15) is 0 Å². The Morgan fingerprint density at radius 2 is 1.96 bits per heavy atom. The predicted octanol–water partition coefficient (Wildman–Crippen LogP) is 3.84. The number of nitrogens with one attached hydrogen (secondary N) is 1. The first-order chi connectivity index (χ1) is 13.2. The summed E-state index contributed by atoms with van der Waals surface area (Å²) in [6.45, 7) is 7.73. The number of carbonyl (C=O) groups excluding carboxylic acids is 1. The van der Waals surface area contributed by atoms with Crippen molar-refractivity contribution in [3.8, 4) is 0 Å². The lowest BCUT2D eigenvalue weighted by Gasteiger charge is -2.30. The number of nitrogens with zero attached hydrogens (tertiary/aromatic N) is 3. The monoisotopic (exact) mass is 442 g/mol. The summed E-state index contributed by atoms with van der Waals surface area (Å²) in [4.78, 5) is 12.9. The van der Waals surface area contributed by atoms with Crippen LogP contribution < -0.4 is 9.62 Å². The van der Waals surface area contributed by atoms with E-state index in [-0.39, 0.29) is 0 Å². The number of thioether (sulfide) groups is 1. The summed E-state index contributed by atoms with van der Waals surface area (Å²) in [6, 6.07) is 4.49. The number of benzene rings is 1. The first-order valence-electron chi connectivity index (χ1n) is 9.01. The second-order valence-electron chi connectivity index (χ2n) is 6.46. The zero-order chi connectivity index (χ0) is 20.9. The molecule has 1 heterocycles. The van der Waals surface area contributed by atoms with Gasteiger partial charge in [-0.3, -0.25) is 14.4 Å². The van der Waals surface area contributed by atoms with Gasteiger partial charge in [-0.25, -0.2) is 8.42 Å². The topological polar surface area (TPSA) is 92.3 Å². The Morgan fingerprint density at radius 1 is 1.25 bits per heavy atom. The molecule has 7 nitrogen and oxygen atoms in total. The van der Waals surface area contributed by atoms with Gasteiger partial charge in [-0.05, 0) is 49.9 Å². The Bertz CT molecular complexity index is 928. The standard InChI is InChI=1S/C18H26N4O3S3/c1-6-10-26-18-21-20-17(27-18)19-16(23)15(7-2)22(28(5,24)25)14-9-8-12(3)13(4)11-14/h8-9,11,15H,6-7,10H2,1-5H3,(H,19,20,23)/t15-/m1/s1. The van der Waals surface area contributed by atoms with Crippen LogP contribution in [0.4, 0.5) is 10.8 Å². The Morgan fingerprint density at radius 3 is 2.54 bits per heavy atom. The zero-order valence-electron chi connectivity index (χ0n) is 16.7. The van der Waals surface area contributed by atoms with E-state index in [2.05, 4.69) is 22.4 Å². The molecule has 0 fully saturated rings. The molecule has 0 aliphatic heterocycles. The SMILES string of the molecule is CCCSc1nnc(NC(=O)[C@@H](CC)N(c2ccc(C)c(C)c2)S(C)(=O)=O)s1. The molecule has 0 saturated carbocycles. The Balaban J connectivity index is 2.28. The lowest BCUT2D eigenvalue weighted by atomic mass is 10.1. The maximum Gasteiger partial charge on any atom is 0.250 e. The Labute approximate surface area is 175 Å². The molecule has 0 saturated heterocycles. The van der Waals surface area contributed by atoms with Gasteiger partial charge in [0.05, 0.1) is 11.9 Å². The van der Waals surface area contributed by atoms with Gasteiger partial charge in [-0.1, -0.05) is 43.0 Å². The summed E-state index contributed by atoms with van der Waals surface area (Å²) in [6.07, 6.45) is 2.45. The predicted molar refractivity (Wildman–Crippen MR) is 117 cm³/mol. The summed E-state index contributed by atoms with van der Waals surface area (Å²) in [5.74, 6) is 0.503. The molecule has 0 bridgehead atoms. The molecule has 1 aromatic carbocycles. The normalized spacial score (nSPS) is 12.6. The number of amides is 1. The van der Waals surface area contributed by atoms with Crippen LogP contribution in [0.2, 0.25) is 0 Å². The van der Waals surface area contributed by atoms with Crippen molar-refractivity contribution in [3.63, 3.8) is 0 Å². The minimum absolute atomic E-state index is 0.322. The molecule has 10 heteroatoms. The lowest BCUT2D eigenvalue weighted by molar-refractivity contribution is -0.117. The van der Waals surface area contributed by atoms with E-state index in [9.17, 15) is 13.2 Å². The van der Waals surface area contributed by atoms with E-state index in [1.807, 2.05) is 19.9 Å². The van der Waals surface area contributed by atoms with Gasteiger partial charge < -0.3 is 0 Å². The number of hydrogen-bond acceptors (Lipinski definition) is 7. The van der Waals surface area contributed by atoms with E-state index < -0.39 is 22.0 Å². The lowest BCUT2D eigenvalue weighted by Crippen LogP contribution is -2.47. The highest BCUT2D eigenvalue weighted by molar-refractivity contribution is 8.01. The first kappa shape index (κ1) is 22.6. The van der Waals surface area contributed by atoms with E-state index in [4.69, 9.17) is 0 Å². The quantitative estimate of drug-likeness (QED) is 0.468. The zero-order valence-corrected chi connectivity index (χ0v) is 19.2. The summed E-state index contributed by atoms with van der Waals surface area (Å²) >= 11 is 2.87. The number of anilines is 2. The fourth-order valence-electron chi connectivity index (χ4n) is 2.62. The minimum Gasteiger partial charge on any atom is -0.299 e. The number of aromatic nitrogens is 2. The molecule has 1 aromatic heterocycles. The van der Waals surface area contributed by atoms with Gasteiger partial charge in [0, 0.05) is 5.75 Å². The first-order valence-corrected chi connectivity index (χ1v) is 12.7. The summed E-state index contributed by atoms with van der Waals surface area (Å²) in [5.41, 5.74) is 2.49. The molecule has 28 heavy (non-hydrogen) atoms. The van der Waals surface area contributed by atoms with Crippen LogP contribution in [0.3, 0.4) is 0 Å². The molecule has 0 radical (unpaired) electrons. The molecule has 2 rings (SSSR count). The molecule has 0 aliphatic rings. The van der Waals surface area contributed by atoms with Gasteiger partial charge in [0.1, 0.15) is 6.04 Å². The maximum absolute atomic E-state index is 12.9. The number of carbonyl (C=O) groups is 1. The molecule has 0 aliphatic carbocycles. The van der Waals surface area contributed by atoms with Gasteiger partial charge in [0.15, 0.2) is 4.34 Å². The number of aryl methyl sites for hydroxylation is 2. The largest absolute Gasteiger partial charge is 0.299 e. The molecule has 1 N–H and O–H groups in total. The van der Waals surface area contributed by atoms with Gasteiger partial charge in [0.25, 0.3) is 0 Å². The summed E-state index contributed by atoms with van der Waals surface area (Å²) < 4.78 is 27.0. The number of hydrogen-bond donors (Lipinski definition) is 1. The average molecular weight is 443 g/mol. The molecular formula is C18H26N4O3S3. The van der Waals surface area contributed by atoms with Crippen LogP contribution in [0.25, 0.3) is 0 Å². The van der Waals surface area contributed by atoms with Crippen molar-refractivity contribution in [2.45, 2.75) is 50.9 Å². The Hall–Kier alpha value is -1.65. The fraction of sp³-hybridized carbons (Fsp3) is 0.500. The number of sulfonamides is 1. The second kappa shape index (κ2) is 9.71. The van der Waals surface area contributed by atoms with E-state index in [0.29, 0.717) is 17.2 Å². The molecule has 0 spiro atoms. The van der Waals surface area contributed by atoms with Crippen molar-refractivity contribution in [2.75, 3.05) is 21.6 Å². The highest BCUT2D eigenvalue weighted by atomic mass is 32.2. The van der Waals surface area contributed by atoms with Gasteiger partial charge >= 0.3 is 0 Å². The average Bonchev–Trinajstić information content (AvgIpc) is 3.06. The molecular weight excluding hydrogens is 416 g/mol. The van der Waals surface area contributed by atoms with E-state index in [1.165, 1.54) is 15.6 Å². The minimum atomic E-state index is -3.67. The highest BCUT2D eigenvalue weighted by Crippen LogP contribution is 2.28. The molecule has 2 aromatic rings. The van der Waals surface area contributed by atoms with Crippen molar-refractivity contribution >= 4 is 49.8 Å². The van der Waals surface area contributed by atoms with Crippen LogP contribution in [0.5, 0.6) is 0 Å². The van der Waals surface area contributed by atoms with Crippen molar-refractivity contribution < 1.29 is 13.2 Å². The van der Waals surface area contributed by atoms with Crippen molar-refractivity contribution in [2.24, 2.45) is 0 Å². The van der Waals surface area contributed by atoms with Crippen LogP contribution in [-0.4, -0.2) is 42.6 Å². The van der Waals surface area contributed by atoms with Crippen LogP contribution in [0.15, 0.2) is 22.5 Å². The third-order valence-corrected chi connectivity index (χ3v) is 7.50. The third kappa shape index (κ3) is 5.68.